The molecule has 0 radical (unpaired) electrons. The predicted octanol–water partition coefficient (Wildman–Crippen LogP) is 2.22. The molecule has 0 aliphatic rings. The molecule has 0 atom stereocenters. The summed E-state index contributed by atoms with van der Waals surface area (Å²) >= 11 is 7.12. The zero-order valence-electron chi connectivity index (χ0n) is 13.3. The number of nitro groups is 1. The fourth-order valence-corrected chi connectivity index (χ4v) is 2.80. The lowest BCUT2D eigenvalue weighted by Crippen LogP contribution is -2.22. The van der Waals surface area contributed by atoms with Crippen molar-refractivity contribution in [3.05, 3.63) is 58.4 Å². The van der Waals surface area contributed by atoms with Crippen LogP contribution in [-0.4, -0.2) is 15.7 Å². The quantitative estimate of drug-likeness (QED) is 0.665. The van der Waals surface area contributed by atoms with E-state index >= 15 is 0 Å². The molecule has 126 valence electrons. The summed E-state index contributed by atoms with van der Waals surface area (Å²) in [5.41, 5.74) is -0.676. The lowest BCUT2D eigenvalue weighted by molar-refractivity contribution is -0.384. The SMILES string of the molecule is CC(C)(C)C(=O)C=c1[nH]c(=O)c(=Cc2cc([N+](=O)[O-])ccc2Cl)s1. The Hall–Kier alpha value is -2.25. The van der Waals surface area contributed by atoms with Crippen molar-refractivity contribution in [2.75, 3.05) is 0 Å². The summed E-state index contributed by atoms with van der Waals surface area (Å²) in [6.45, 7) is 5.36. The minimum absolute atomic E-state index is 0.111. The van der Waals surface area contributed by atoms with Crippen molar-refractivity contribution in [3.8, 4) is 0 Å². The Bertz CT molecular complexity index is 983. The number of carbonyl (C=O) groups excluding carboxylic acids is 1. The molecule has 0 saturated heterocycles. The van der Waals surface area contributed by atoms with Crippen molar-refractivity contribution in [1.82, 2.24) is 4.98 Å². The number of nitrogens with one attached hydrogen (secondary N) is 1. The Labute approximate surface area is 146 Å². The van der Waals surface area contributed by atoms with E-state index in [-0.39, 0.29) is 17.0 Å². The number of thiazole rings is 1. The average molecular weight is 367 g/mol. The Morgan fingerprint density at radius 3 is 2.62 bits per heavy atom. The van der Waals surface area contributed by atoms with E-state index in [4.69, 9.17) is 11.6 Å². The monoisotopic (exact) mass is 366 g/mol. The van der Waals surface area contributed by atoms with Crippen molar-refractivity contribution in [3.63, 3.8) is 0 Å². The van der Waals surface area contributed by atoms with Gasteiger partial charge in [-0.1, -0.05) is 32.4 Å². The number of nitro benzene ring substituents is 1. The van der Waals surface area contributed by atoms with Crippen LogP contribution in [0.25, 0.3) is 12.2 Å². The number of aromatic amines is 1. The molecule has 0 unspecified atom stereocenters. The van der Waals surface area contributed by atoms with Crippen LogP contribution in [0.4, 0.5) is 5.69 Å². The van der Waals surface area contributed by atoms with Crippen LogP contribution in [0.2, 0.25) is 5.02 Å². The van der Waals surface area contributed by atoms with Gasteiger partial charge in [0.2, 0.25) is 0 Å². The number of halogens is 1. The van der Waals surface area contributed by atoms with Gasteiger partial charge >= 0.3 is 0 Å². The number of H-pyrrole nitrogens is 1. The molecule has 0 aliphatic heterocycles. The highest BCUT2D eigenvalue weighted by atomic mass is 35.5. The van der Waals surface area contributed by atoms with Gasteiger partial charge in [-0.15, -0.1) is 11.3 Å². The lowest BCUT2D eigenvalue weighted by atomic mass is 9.91. The first kappa shape index (κ1) is 18.1. The first-order chi connectivity index (χ1) is 11.1. The molecule has 0 fully saturated rings. The number of rotatable bonds is 3. The van der Waals surface area contributed by atoms with Gasteiger partial charge in [0.05, 0.1) is 14.1 Å². The zero-order chi connectivity index (χ0) is 18.1. The van der Waals surface area contributed by atoms with E-state index in [9.17, 15) is 19.7 Å². The lowest BCUT2D eigenvalue weighted by Gasteiger charge is -2.12. The second-order valence-electron chi connectivity index (χ2n) is 6.15. The van der Waals surface area contributed by atoms with Crippen LogP contribution in [0.15, 0.2) is 23.0 Å². The Kier molecular flexibility index (Phi) is 5.05. The largest absolute Gasteiger partial charge is 0.313 e. The van der Waals surface area contributed by atoms with Gasteiger partial charge in [-0.3, -0.25) is 19.7 Å². The van der Waals surface area contributed by atoms with E-state index in [0.29, 0.717) is 19.8 Å². The van der Waals surface area contributed by atoms with Gasteiger partial charge in [-0.2, -0.15) is 0 Å². The third kappa shape index (κ3) is 4.18. The van der Waals surface area contributed by atoms with Gasteiger partial charge in [0.1, 0.15) is 0 Å². The summed E-state index contributed by atoms with van der Waals surface area (Å²) in [5.74, 6) is -0.111. The molecule has 8 heteroatoms. The van der Waals surface area contributed by atoms with Crippen molar-refractivity contribution in [1.29, 1.82) is 0 Å². The average Bonchev–Trinajstić information content (AvgIpc) is 2.79. The van der Waals surface area contributed by atoms with Gasteiger partial charge < -0.3 is 4.98 Å². The summed E-state index contributed by atoms with van der Waals surface area (Å²) in [5, 5.41) is 11.1. The molecule has 0 aliphatic carbocycles. The fraction of sp³-hybridized carbons (Fsp3) is 0.250. The molecular formula is C16H15ClN2O4S. The Morgan fingerprint density at radius 2 is 2.04 bits per heavy atom. The molecule has 2 aromatic rings. The standard InChI is InChI=1S/C16H15ClN2O4S/c1-16(2,3)13(20)8-14-18-15(21)12(24-14)7-9-6-10(19(22)23)4-5-11(9)17/h4-8H,1-3H3,(H,18,21). The van der Waals surface area contributed by atoms with E-state index in [0.717, 1.165) is 11.3 Å². The highest BCUT2D eigenvalue weighted by molar-refractivity contribution is 7.07. The van der Waals surface area contributed by atoms with Gasteiger partial charge in [0.15, 0.2) is 5.78 Å². The summed E-state index contributed by atoms with van der Waals surface area (Å²) in [6, 6.07) is 3.99. The molecule has 0 saturated carbocycles. The summed E-state index contributed by atoms with van der Waals surface area (Å²) in [6.07, 6.45) is 2.86. The smallest absolute Gasteiger partial charge is 0.270 e. The Balaban J connectivity index is 2.55. The van der Waals surface area contributed by atoms with E-state index in [2.05, 4.69) is 4.98 Å². The van der Waals surface area contributed by atoms with Crippen LogP contribution in [0, 0.1) is 15.5 Å². The number of non-ortho nitro benzene ring substituents is 1. The van der Waals surface area contributed by atoms with E-state index < -0.39 is 10.3 Å². The Morgan fingerprint density at radius 1 is 1.38 bits per heavy atom. The van der Waals surface area contributed by atoms with E-state index in [1.54, 1.807) is 20.8 Å². The topological polar surface area (TPSA) is 93.1 Å². The van der Waals surface area contributed by atoms with Gasteiger partial charge in [-0.05, 0) is 12.1 Å². The van der Waals surface area contributed by atoms with E-state index in [1.165, 1.54) is 30.4 Å². The molecular weight excluding hydrogens is 352 g/mol. The van der Waals surface area contributed by atoms with Crippen LogP contribution in [-0.2, 0) is 4.79 Å². The molecule has 1 heterocycles. The fourth-order valence-electron chi connectivity index (χ4n) is 1.76. The first-order valence-electron chi connectivity index (χ1n) is 6.99. The molecule has 0 bridgehead atoms. The third-order valence-electron chi connectivity index (χ3n) is 3.16. The number of Topliss-reactive ketones (excluding diaryl/α,β-unsaturated/α-hetero) is 1. The predicted molar refractivity (Wildman–Crippen MR) is 94.8 cm³/mol. The molecule has 24 heavy (non-hydrogen) atoms. The normalized spacial score (nSPS) is 13.3. The molecule has 2 rings (SSSR count). The maximum atomic E-state index is 12.0. The maximum absolute atomic E-state index is 12.0. The zero-order valence-corrected chi connectivity index (χ0v) is 14.8. The molecule has 1 aromatic carbocycles. The van der Waals surface area contributed by atoms with E-state index in [1.807, 2.05) is 0 Å². The van der Waals surface area contributed by atoms with Crippen molar-refractivity contribution in [2.45, 2.75) is 20.8 Å². The number of benzene rings is 1. The van der Waals surface area contributed by atoms with Crippen molar-refractivity contribution < 1.29 is 9.72 Å². The molecule has 1 N–H and O–H groups in total. The van der Waals surface area contributed by atoms with Crippen LogP contribution < -0.4 is 14.8 Å². The molecule has 0 amide bonds. The number of ketones is 1. The highest BCUT2D eigenvalue weighted by Crippen LogP contribution is 2.22. The minimum Gasteiger partial charge on any atom is -0.313 e. The highest BCUT2D eigenvalue weighted by Gasteiger charge is 2.18. The summed E-state index contributed by atoms with van der Waals surface area (Å²) in [7, 11) is 0. The van der Waals surface area contributed by atoms with Crippen molar-refractivity contribution >= 4 is 46.6 Å². The number of nitrogens with zero attached hydrogens (tertiary/aromatic N) is 1. The van der Waals surface area contributed by atoms with Gasteiger partial charge in [0.25, 0.3) is 11.2 Å². The number of hydrogen-bond donors (Lipinski definition) is 1. The summed E-state index contributed by atoms with van der Waals surface area (Å²) in [4.78, 5) is 36.9. The second kappa shape index (κ2) is 6.70. The third-order valence-corrected chi connectivity index (χ3v) is 4.47. The maximum Gasteiger partial charge on any atom is 0.270 e. The van der Waals surface area contributed by atoms with Crippen LogP contribution in [0.5, 0.6) is 0 Å². The molecule has 6 nitrogen and oxygen atoms in total. The molecule has 1 aromatic heterocycles. The van der Waals surface area contributed by atoms with Crippen molar-refractivity contribution in [2.24, 2.45) is 5.41 Å². The summed E-state index contributed by atoms with van der Waals surface area (Å²) < 4.78 is 0.734. The number of aromatic nitrogens is 1. The first-order valence-corrected chi connectivity index (χ1v) is 8.18. The van der Waals surface area contributed by atoms with Crippen LogP contribution in [0.1, 0.15) is 26.3 Å². The van der Waals surface area contributed by atoms with Crippen LogP contribution in [0.3, 0.4) is 0 Å². The minimum atomic E-state index is -0.548. The number of carbonyl (C=O) groups is 1. The van der Waals surface area contributed by atoms with Crippen LogP contribution >= 0.6 is 22.9 Å². The molecule has 0 spiro atoms. The second-order valence-corrected chi connectivity index (χ2v) is 7.64. The van der Waals surface area contributed by atoms with Gasteiger partial charge in [-0.25, -0.2) is 0 Å². The van der Waals surface area contributed by atoms with Gasteiger partial charge in [0, 0.05) is 34.2 Å². The number of hydrogen-bond acceptors (Lipinski definition) is 5.